The van der Waals surface area contributed by atoms with Crippen molar-refractivity contribution in [3.63, 3.8) is 0 Å². The molecule has 5 heteroatoms. The smallest absolute Gasteiger partial charge is 0.183 e. The number of hydrogen-bond donors (Lipinski definition) is 3. The molecule has 1 rings (SSSR count). The van der Waals surface area contributed by atoms with Crippen LogP contribution in [-0.2, 0) is 9.47 Å². The fraction of sp³-hybridized carbons (Fsp3) is 0.750. The minimum absolute atomic E-state index is 0.0870. The van der Waals surface area contributed by atoms with Crippen LogP contribution in [-0.4, -0.2) is 53.1 Å². The van der Waals surface area contributed by atoms with Gasteiger partial charge in [-0.15, -0.1) is 6.58 Å². The van der Waals surface area contributed by atoms with Crippen LogP contribution in [0.15, 0.2) is 12.7 Å². The maximum Gasteiger partial charge on any atom is 0.183 e. The molecule has 3 N–H and O–H groups in total. The van der Waals surface area contributed by atoms with Crippen LogP contribution in [0.5, 0.6) is 0 Å². The summed E-state index contributed by atoms with van der Waals surface area (Å²) in [6.07, 6.45) is -2.76. The molecule has 0 aromatic heterocycles. The van der Waals surface area contributed by atoms with Gasteiger partial charge < -0.3 is 24.8 Å². The summed E-state index contributed by atoms with van der Waals surface area (Å²) in [6.45, 7) is 3.52. The molecule has 0 amide bonds. The second kappa shape index (κ2) is 4.69. The Hall–Kier alpha value is -0.460. The largest absolute Gasteiger partial charge is 0.388 e. The van der Waals surface area contributed by atoms with Gasteiger partial charge in [0.1, 0.15) is 18.3 Å². The molecule has 0 spiro atoms. The second-order valence-electron chi connectivity index (χ2n) is 2.87. The molecule has 1 aliphatic rings. The summed E-state index contributed by atoms with van der Waals surface area (Å²) in [5.74, 6) is 0. The van der Waals surface area contributed by atoms with E-state index in [1.807, 2.05) is 0 Å². The molecule has 76 valence electrons. The molecule has 1 saturated heterocycles. The zero-order valence-electron chi connectivity index (χ0n) is 7.17. The van der Waals surface area contributed by atoms with E-state index in [0.717, 1.165) is 0 Å². The topological polar surface area (TPSA) is 79.2 Å². The van der Waals surface area contributed by atoms with Gasteiger partial charge in [-0.1, -0.05) is 6.08 Å². The maximum absolute atomic E-state index is 9.39. The molecular formula is C8H14O5. The van der Waals surface area contributed by atoms with Crippen molar-refractivity contribution in [3.05, 3.63) is 12.7 Å². The van der Waals surface area contributed by atoms with Crippen molar-refractivity contribution in [2.24, 2.45) is 0 Å². The highest BCUT2D eigenvalue weighted by Gasteiger charge is 2.38. The Kier molecular flexibility index (Phi) is 3.83. The van der Waals surface area contributed by atoms with Crippen LogP contribution in [0.3, 0.4) is 0 Å². The lowest BCUT2D eigenvalue weighted by molar-refractivity contribution is -0.262. The van der Waals surface area contributed by atoms with Gasteiger partial charge in [-0.3, -0.25) is 0 Å². The summed E-state index contributed by atoms with van der Waals surface area (Å²) in [6, 6.07) is 0. The zero-order valence-corrected chi connectivity index (χ0v) is 7.17. The van der Waals surface area contributed by atoms with Gasteiger partial charge in [-0.2, -0.15) is 0 Å². The fourth-order valence-electron chi connectivity index (χ4n) is 1.14. The van der Waals surface area contributed by atoms with Gasteiger partial charge in [0, 0.05) is 0 Å². The molecule has 0 bridgehead atoms. The van der Waals surface area contributed by atoms with E-state index in [-0.39, 0.29) is 13.2 Å². The average Bonchev–Trinajstić information content (AvgIpc) is 2.12. The lowest BCUT2D eigenvalue weighted by Gasteiger charge is -2.34. The first-order valence-corrected chi connectivity index (χ1v) is 4.05. The summed E-state index contributed by atoms with van der Waals surface area (Å²) >= 11 is 0. The molecule has 0 aromatic rings. The Bertz CT molecular complexity index is 172. The normalized spacial score (nSPS) is 40.2. The van der Waals surface area contributed by atoms with Gasteiger partial charge in [-0.25, -0.2) is 0 Å². The van der Waals surface area contributed by atoms with Gasteiger partial charge in [0.2, 0.25) is 0 Å². The fourth-order valence-corrected chi connectivity index (χ4v) is 1.14. The predicted molar refractivity (Wildman–Crippen MR) is 43.9 cm³/mol. The third-order valence-electron chi connectivity index (χ3n) is 1.86. The standard InChI is InChI=1S/C8H14O5/c1-2-3-12-7-6(10)5(9)4-13-8(7)11/h2,5-11H,1,3-4H2/t5-,6-,7+,8+/m0/s1. The van der Waals surface area contributed by atoms with Crippen LogP contribution in [0, 0.1) is 0 Å². The van der Waals surface area contributed by atoms with E-state index in [0.29, 0.717) is 0 Å². The minimum Gasteiger partial charge on any atom is -0.388 e. The molecule has 0 unspecified atom stereocenters. The van der Waals surface area contributed by atoms with Crippen LogP contribution in [0.4, 0.5) is 0 Å². The number of ether oxygens (including phenoxy) is 2. The maximum atomic E-state index is 9.39. The Morgan fingerprint density at radius 1 is 1.46 bits per heavy atom. The Morgan fingerprint density at radius 3 is 2.77 bits per heavy atom. The highest BCUT2D eigenvalue weighted by atomic mass is 16.6. The summed E-state index contributed by atoms with van der Waals surface area (Å²) < 4.78 is 9.78. The first-order chi connectivity index (χ1) is 6.16. The summed E-state index contributed by atoms with van der Waals surface area (Å²) in [4.78, 5) is 0. The molecule has 0 aromatic carbocycles. The summed E-state index contributed by atoms with van der Waals surface area (Å²) in [5, 5.41) is 27.8. The molecule has 4 atom stereocenters. The van der Waals surface area contributed by atoms with Gasteiger partial charge >= 0.3 is 0 Å². The molecule has 0 radical (unpaired) electrons. The highest BCUT2D eigenvalue weighted by molar-refractivity contribution is 4.84. The van der Waals surface area contributed by atoms with Crippen LogP contribution in [0.1, 0.15) is 0 Å². The monoisotopic (exact) mass is 190 g/mol. The summed E-state index contributed by atoms with van der Waals surface area (Å²) in [7, 11) is 0. The molecule has 1 aliphatic heterocycles. The van der Waals surface area contributed by atoms with Gasteiger partial charge in [0.05, 0.1) is 13.2 Å². The summed E-state index contributed by atoms with van der Waals surface area (Å²) in [5.41, 5.74) is 0. The third kappa shape index (κ3) is 2.49. The second-order valence-corrected chi connectivity index (χ2v) is 2.87. The van der Waals surface area contributed by atoms with E-state index in [2.05, 4.69) is 6.58 Å². The average molecular weight is 190 g/mol. The van der Waals surface area contributed by atoms with E-state index < -0.39 is 24.6 Å². The van der Waals surface area contributed by atoms with Gasteiger partial charge in [0.25, 0.3) is 0 Å². The molecule has 13 heavy (non-hydrogen) atoms. The van der Waals surface area contributed by atoms with E-state index in [4.69, 9.17) is 9.47 Å². The molecule has 1 fully saturated rings. The number of aliphatic hydroxyl groups is 3. The van der Waals surface area contributed by atoms with E-state index in [1.165, 1.54) is 6.08 Å². The lowest BCUT2D eigenvalue weighted by Crippen LogP contribution is -2.54. The quantitative estimate of drug-likeness (QED) is 0.478. The van der Waals surface area contributed by atoms with Crippen molar-refractivity contribution in [1.29, 1.82) is 0 Å². The van der Waals surface area contributed by atoms with Crippen molar-refractivity contribution in [1.82, 2.24) is 0 Å². The molecular weight excluding hydrogens is 176 g/mol. The molecule has 0 saturated carbocycles. The van der Waals surface area contributed by atoms with Crippen molar-refractivity contribution >= 4 is 0 Å². The Balaban J connectivity index is 2.50. The lowest BCUT2D eigenvalue weighted by atomic mass is 10.1. The highest BCUT2D eigenvalue weighted by Crippen LogP contribution is 2.16. The van der Waals surface area contributed by atoms with Crippen molar-refractivity contribution in [3.8, 4) is 0 Å². The number of rotatable bonds is 3. The first kappa shape index (κ1) is 10.6. The van der Waals surface area contributed by atoms with Crippen molar-refractivity contribution in [2.75, 3.05) is 13.2 Å². The number of aliphatic hydroxyl groups excluding tert-OH is 3. The van der Waals surface area contributed by atoms with E-state index in [1.54, 1.807) is 0 Å². The van der Waals surface area contributed by atoms with E-state index >= 15 is 0 Å². The van der Waals surface area contributed by atoms with Crippen molar-refractivity contribution in [2.45, 2.75) is 24.6 Å². The molecule has 1 heterocycles. The van der Waals surface area contributed by atoms with Crippen molar-refractivity contribution < 1.29 is 24.8 Å². The van der Waals surface area contributed by atoms with Gasteiger partial charge in [-0.05, 0) is 0 Å². The van der Waals surface area contributed by atoms with Crippen LogP contribution in [0.2, 0.25) is 0 Å². The zero-order chi connectivity index (χ0) is 9.84. The van der Waals surface area contributed by atoms with Gasteiger partial charge in [0.15, 0.2) is 6.29 Å². The minimum atomic E-state index is -1.20. The third-order valence-corrected chi connectivity index (χ3v) is 1.86. The predicted octanol–water partition coefficient (Wildman–Crippen LogP) is -1.37. The van der Waals surface area contributed by atoms with E-state index in [9.17, 15) is 15.3 Å². The Morgan fingerprint density at radius 2 is 2.15 bits per heavy atom. The SMILES string of the molecule is C=CCO[C@@H]1[C@@H](O)[C@@H](O)CO[C@H]1O. The first-order valence-electron chi connectivity index (χ1n) is 4.05. The van der Waals surface area contributed by atoms with Crippen LogP contribution < -0.4 is 0 Å². The van der Waals surface area contributed by atoms with Crippen LogP contribution >= 0.6 is 0 Å². The molecule has 0 aliphatic carbocycles. The Labute approximate surface area is 76.2 Å². The molecule has 5 nitrogen and oxygen atoms in total. The van der Waals surface area contributed by atoms with Crippen LogP contribution in [0.25, 0.3) is 0 Å². The number of hydrogen-bond acceptors (Lipinski definition) is 5.